The summed E-state index contributed by atoms with van der Waals surface area (Å²) >= 11 is 1.41. The molecule has 1 saturated heterocycles. The molecule has 0 aliphatic carbocycles. The molecule has 4 rings (SSSR count). The summed E-state index contributed by atoms with van der Waals surface area (Å²) in [5.41, 5.74) is 1.25. The Bertz CT molecular complexity index is 1120. The molecule has 3 aromatic rings. The van der Waals surface area contributed by atoms with Crippen LogP contribution in [0.2, 0.25) is 0 Å². The fraction of sp³-hybridized carbons (Fsp3) is 0.217. The molecule has 31 heavy (non-hydrogen) atoms. The molecule has 2 amide bonds. The van der Waals surface area contributed by atoms with E-state index in [1.54, 1.807) is 4.90 Å². The number of anilines is 2. The Morgan fingerprint density at radius 3 is 2.48 bits per heavy atom. The van der Waals surface area contributed by atoms with Crippen LogP contribution in [0.1, 0.15) is 29.3 Å². The fourth-order valence-corrected chi connectivity index (χ4v) is 4.69. The summed E-state index contributed by atoms with van der Waals surface area (Å²) in [6.07, 6.45) is 0.384. The van der Waals surface area contributed by atoms with Crippen molar-refractivity contribution >= 4 is 34.5 Å². The first-order chi connectivity index (χ1) is 14.9. The molecule has 2 heterocycles. The Balaban J connectivity index is 1.70. The smallest absolute Gasteiger partial charge is 0.230 e. The van der Waals surface area contributed by atoms with E-state index in [-0.39, 0.29) is 18.7 Å². The summed E-state index contributed by atoms with van der Waals surface area (Å²) in [7, 11) is 0. The molecule has 2 atom stereocenters. The Kier molecular flexibility index (Phi) is 5.82. The third-order valence-corrected chi connectivity index (χ3v) is 6.32. The summed E-state index contributed by atoms with van der Waals surface area (Å²) in [5, 5.41) is 4.23. The lowest BCUT2D eigenvalue weighted by molar-refractivity contribution is -0.125. The van der Waals surface area contributed by atoms with Crippen molar-refractivity contribution < 1.29 is 22.8 Å². The highest BCUT2D eigenvalue weighted by Crippen LogP contribution is 2.42. The number of halogens is 3. The quantitative estimate of drug-likeness (QED) is 0.533. The van der Waals surface area contributed by atoms with Crippen LogP contribution in [0.3, 0.4) is 0 Å². The van der Waals surface area contributed by atoms with Crippen LogP contribution in [0, 0.1) is 30.3 Å². The molecule has 1 fully saturated rings. The summed E-state index contributed by atoms with van der Waals surface area (Å²) in [5.74, 6) is -5.82. The largest absolute Gasteiger partial charge is 0.323 e. The van der Waals surface area contributed by atoms with Crippen LogP contribution in [0.4, 0.5) is 24.5 Å². The highest BCUT2D eigenvalue weighted by atomic mass is 32.1. The van der Waals surface area contributed by atoms with Gasteiger partial charge in [-0.1, -0.05) is 23.8 Å². The van der Waals surface area contributed by atoms with Crippen LogP contribution in [0.15, 0.2) is 53.9 Å². The lowest BCUT2D eigenvalue weighted by Gasteiger charge is -2.40. The maximum atomic E-state index is 14.1. The van der Waals surface area contributed by atoms with Gasteiger partial charge in [-0.2, -0.15) is 0 Å². The van der Waals surface area contributed by atoms with E-state index in [1.165, 1.54) is 11.3 Å². The molecule has 1 aromatic heterocycles. The number of carbonyl (C=O) groups is 2. The molecule has 0 bridgehead atoms. The summed E-state index contributed by atoms with van der Waals surface area (Å²) in [6, 6.07) is 12.2. The van der Waals surface area contributed by atoms with E-state index in [0.717, 1.165) is 22.6 Å². The van der Waals surface area contributed by atoms with Gasteiger partial charge in [0.15, 0.2) is 17.5 Å². The van der Waals surface area contributed by atoms with Gasteiger partial charge in [0, 0.05) is 17.0 Å². The SMILES string of the molecule is Cc1ccc(N2C(=O)CCC(C(=O)Nc3ccc(F)c(F)c3F)C2c2cccs2)cc1. The molecule has 0 saturated carbocycles. The molecule has 2 unspecified atom stereocenters. The number of nitrogens with one attached hydrogen (secondary N) is 1. The van der Waals surface area contributed by atoms with Crippen LogP contribution < -0.4 is 10.2 Å². The lowest BCUT2D eigenvalue weighted by Crippen LogP contribution is -2.46. The van der Waals surface area contributed by atoms with E-state index >= 15 is 0 Å². The number of aryl methyl sites for hydroxylation is 1. The van der Waals surface area contributed by atoms with Crippen molar-refractivity contribution in [2.75, 3.05) is 10.2 Å². The molecule has 1 aliphatic heterocycles. The van der Waals surface area contributed by atoms with Gasteiger partial charge in [-0.05, 0) is 49.1 Å². The first-order valence-corrected chi connectivity index (χ1v) is 10.6. The number of piperidine rings is 1. The van der Waals surface area contributed by atoms with E-state index in [1.807, 2.05) is 48.7 Å². The average molecular weight is 444 g/mol. The van der Waals surface area contributed by atoms with Crippen LogP contribution in [-0.2, 0) is 9.59 Å². The van der Waals surface area contributed by atoms with Crippen molar-refractivity contribution in [2.24, 2.45) is 5.92 Å². The van der Waals surface area contributed by atoms with E-state index in [4.69, 9.17) is 0 Å². The lowest BCUT2D eigenvalue weighted by atomic mass is 9.86. The van der Waals surface area contributed by atoms with Gasteiger partial charge in [-0.25, -0.2) is 13.2 Å². The zero-order valence-electron chi connectivity index (χ0n) is 16.6. The van der Waals surface area contributed by atoms with Crippen molar-refractivity contribution in [3.8, 4) is 0 Å². The van der Waals surface area contributed by atoms with Gasteiger partial charge in [0.25, 0.3) is 0 Å². The van der Waals surface area contributed by atoms with Crippen LogP contribution in [0.25, 0.3) is 0 Å². The molecule has 4 nitrogen and oxygen atoms in total. The summed E-state index contributed by atoms with van der Waals surface area (Å²) in [6.45, 7) is 1.94. The normalized spacial score (nSPS) is 18.8. The second kappa shape index (κ2) is 8.55. The molecule has 1 aliphatic rings. The van der Waals surface area contributed by atoms with Gasteiger partial charge in [0.05, 0.1) is 17.6 Å². The predicted molar refractivity (Wildman–Crippen MR) is 113 cm³/mol. The summed E-state index contributed by atoms with van der Waals surface area (Å²) < 4.78 is 40.9. The third kappa shape index (κ3) is 4.07. The molecule has 1 N–H and O–H groups in total. The molecular weight excluding hydrogens is 425 g/mol. The van der Waals surface area contributed by atoms with Gasteiger partial charge in [0.2, 0.25) is 11.8 Å². The number of carbonyl (C=O) groups excluding carboxylic acids is 2. The minimum absolute atomic E-state index is 0.120. The van der Waals surface area contributed by atoms with Gasteiger partial charge in [-0.3, -0.25) is 9.59 Å². The Morgan fingerprint density at radius 1 is 1.06 bits per heavy atom. The number of nitrogens with zero attached hydrogens (tertiary/aromatic N) is 1. The topological polar surface area (TPSA) is 49.4 Å². The second-order valence-corrected chi connectivity index (χ2v) is 8.40. The average Bonchev–Trinajstić information content (AvgIpc) is 3.29. The zero-order valence-corrected chi connectivity index (χ0v) is 17.4. The number of amides is 2. The van der Waals surface area contributed by atoms with E-state index in [0.29, 0.717) is 5.69 Å². The van der Waals surface area contributed by atoms with Crippen molar-refractivity contribution in [3.63, 3.8) is 0 Å². The zero-order chi connectivity index (χ0) is 22.1. The maximum Gasteiger partial charge on any atom is 0.230 e. The van der Waals surface area contributed by atoms with Crippen molar-refractivity contribution in [1.82, 2.24) is 0 Å². The minimum atomic E-state index is -1.65. The first kappa shape index (κ1) is 21.1. The Labute approximate surface area is 181 Å². The van der Waals surface area contributed by atoms with Crippen LogP contribution >= 0.6 is 11.3 Å². The van der Waals surface area contributed by atoms with E-state index in [9.17, 15) is 22.8 Å². The Morgan fingerprint density at radius 2 is 1.81 bits per heavy atom. The van der Waals surface area contributed by atoms with Crippen molar-refractivity contribution in [3.05, 3.63) is 81.8 Å². The highest BCUT2D eigenvalue weighted by Gasteiger charge is 2.42. The van der Waals surface area contributed by atoms with Gasteiger partial charge >= 0.3 is 0 Å². The van der Waals surface area contributed by atoms with Crippen LogP contribution in [0.5, 0.6) is 0 Å². The first-order valence-electron chi connectivity index (χ1n) is 9.73. The maximum absolute atomic E-state index is 14.1. The molecule has 2 aromatic carbocycles. The third-order valence-electron chi connectivity index (χ3n) is 5.37. The molecule has 0 radical (unpaired) electrons. The molecule has 8 heteroatoms. The van der Waals surface area contributed by atoms with E-state index in [2.05, 4.69) is 5.32 Å². The highest BCUT2D eigenvalue weighted by molar-refractivity contribution is 7.10. The molecular formula is C23H19F3N2O2S. The van der Waals surface area contributed by atoms with E-state index < -0.39 is 41.0 Å². The standard InChI is InChI=1S/C23H19F3N2O2S/c1-13-4-6-14(7-5-13)28-19(29)11-8-15(22(28)18-3-2-12-31-18)23(30)27-17-10-9-16(24)20(25)21(17)26/h2-7,9-10,12,15,22H,8,11H2,1H3,(H,27,30). The van der Waals surface area contributed by atoms with Gasteiger partial charge in [0.1, 0.15) is 0 Å². The van der Waals surface area contributed by atoms with Crippen LogP contribution in [-0.4, -0.2) is 11.8 Å². The van der Waals surface area contributed by atoms with Crippen molar-refractivity contribution in [1.29, 1.82) is 0 Å². The van der Waals surface area contributed by atoms with Gasteiger partial charge < -0.3 is 10.2 Å². The number of benzene rings is 2. The second-order valence-electron chi connectivity index (χ2n) is 7.42. The minimum Gasteiger partial charge on any atom is -0.323 e. The number of hydrogen-bond donors (Lipinski definition) is 1. The number of rotatable bonds is 4. The molecule has 0 spiro atoms. The summed E-state index contributed by atoms with van der Waals surface area (Å²) in [4.78, 5) is 28.4. The monoisotopic (exact) mass is 444 g/mol. The van der Waals surface area contributed by atoms with Crippen molar-refractivity contribution in [2.45, 2.75) is 25.8 Å². The number of thiophene rings is 1. The number of hydrogen-bond acceptors (Lipinski definition) is 3. The predicted octanol–water partition coefficient (Wildman–Crippen LogP) is 5.60. The Hall–Kier alpha value is -3.13. The molecule has 160 valence electrons. The fourth-order valence-electron chi connectivity index (χ4n) is 3.81. The van der Waals surface area contributed by atoms with Gasteiger partial charge in [-0.15, -0.1) is 11.3 Å².